The molecule has 1 aromatic carbocycles. The summed E-state index contributed by atoms with van der Waals surface area (Å²) in [6, 6.07) is 8.33. The summed E-state index contributed by atoms with van der Waals surface area (Å²) < 4.78 is 3.18. The third-order valence-corrected chi connectivity index (χ3v) is 5.90. The van der Waals surface area contributed by atoms with Crippen LogP contribution in [0.5, 0.6) is 0 Å². The molecule has 3 aromatic heterocycles. The summed E-state index contributed by atoms with van der Waals surface area (Å²) in [7, 11) is 1.96. The molecule has 1 aliphatic heterocycles. The number of rotatable bonds is 2. The van der Waals surface area contributed by atoms with Crippen molar-refractivity contribution in [3.8, 4) is 0 Å². The summed E-state index contributed by atoms with van der Waals surface area (Å²) >= 11 is 1.77. The molecule has 26 heavy (non-hydrogen) atoms. The number of imidazole rings is 1. The smallest absolute Gasteiger partial charge is 0.227 e. The lowest BCUT2D eigenvalue weighted by Gasteiger charge is -2.21. The highest BCUT2D eigenvalue weighted by Gasteiger charge is 2.20. The van der Waals surface area contributed by atoms with Gasteiger partial charge < -0.3 is 14.4 Å². The van der Waals surface area contributed by atoms with Crippen LogP contribution in [-0.2, 0) is 7.05 Å². The molecule has 4 aromatic rings. The third-order valence-electron chi connectivity index (χ3n) is 4.80. The first-order valence-corrected chi connectivity index (χ1v) is 9.59. The molecule has 1 fully saturated rings. The fourth-order valence-electron chi connectivity index (χ4n) is 3.36. The molecule has 0 aliphatic carbocycles. The summed E-state index contributed by atoms with van der Waals surface area (Å²) in [4.78, 5) is 23.0. The zero-order valence-corrected chi connectivity index (χ0v) is 15.4. The molecule has 0 radical (unpaired) electrons. The normalized spacial score (nSPS) is 15.7. The van der Waals surface area contributed by atoms with Gasteiger partial charge in [0, 0.05) is 33.2 Å². The number of aromatic nitrogens is 5. The van der Waals surface area contributed by atoms with E-state index < -0.39 is 0 Å². The molecular formula is C18H19N7S. The number of hydrogen-bond donors (Lipinski definition) is 0. The van der Waals surface area contributed by atoms with Gasteiger partial charge in [-0.1, -0.05) is 23.5 Å². The van der Waals surface area contributed by atoms with Gasteiger partial charge in [0.2, 0.25) is 5.95 Å². The third kappa shape index (κ3) is 2.66. The van der Waals surface area contributed by atoms with Gasteiger partial charge in [-0.3, -0.25) is 0 Å². The lowest BCUT2D eigenvalue weighted by atomic mass is 10.3. The van der Waals surface area contributed by atoms with Gasteiger partial charge >= 0.3 is 0 Å². The number of anilines is 2. The van der Waals surface area contributed by atoms with Crippen molar-refractivity contribution in [2.45, 2.75) is 6.42 Å². The van der Waals surface area contributed by atoms with Crippen LogP contribution >= 0.6 is 11.3 Å². The Morgan fingerprint density at radius 1 is 0.962 bits per heavy atom. The van der Waals surface area contributed by atoms with Crippen LogP contribution in [0, 0.1) is 0 Å². The Bertz CT molecular complexity index is 1040. The first-order chi connectivity index (χ1) is 12.8. The summed E-state index contributed by atoms with van der Waals surface area (Å²) in [5, 5.41) is 1.11. The fourth-order valence-corrected chi connectivity index (χ4v) is 4.38. The Morgan fingerprint density at radius 3 is 2.73 bits per heavy atom. The van der Waals surface area contributed by atoms with Gasteiger partial charge in [-0.15, -0.1) is 0 Å². The van der Waals surface area contributed by atoms with Crippen molar-refractivity contribution in [3.05, 3.63) is 36.8 Å². The zero-order chi connectivity index (χ0) is 17.5. The number of fused-ring (bicyclic) bond motifs is 2. The highest BCUT2D eigenvalue weighted by Crippen LogP contribution is 2.29. The Kier molecular flexibility index (Phi) is 3.70. The predicted octanol–water partition coefficient (Wildman–Crippen LogP) is 2.69. The van der Waals surface area contributed by atoms with Crippen molar-refractivity contribution < 1.29 is 0 Å². The molecular weight excluding hydrogens is 346 g/mol. The Morgan fingerprint density at radius 2 is 1.81 bits per heavy atom. The molecule has 1 aliphatic rings. The Balaban J connectivity index is 1.37. The van der Waals surface area contributed by atoms with Crippen molar-refractivity contribution in [3.63, 3.8) is 0 Å². The summed E-state index contributed by atoms with van der Waals surface area (Å²) in [6.45, 7) is 3.75. The predicted molar refractivity (Wildman–Crippen MR) is 105 cm³/mol. The minimum atomic E-state index is 0.754. The number of thiazole rings is 1. The van der Waals surface area contributed by atoms with Crippen LogP contribution in [0.2, 0.25) is 0 Å². The topological polar surface area (TPSA) is 63.0 Å². The van der Waals surface area contributed by atoms with Gasteiger partial charge in [-0.05, 0) is 18.6 Å². The molecule has 0 spiro atoms. The SMILES string of the molecule is Cn1cnc2nc(N3CCCN(c4nc5ccccc5s4)CC3)ncc21. The second kappa shape index (κ2) is 6.21. The Hall–Kier alpha value is -2.74. The molecule has 5 rings (SSSR count). The van der Waals surface area contributed by atoms with Crippen LogP contribution in [0.15, 0.2) is 36.8 Å². The van der Waals surface area contributed by atoms with E-state index in [1.54, 1.807) is 17.7 Å². The van der Waals surface area contributed by atoms with Crippen molar-refractivity contribution in [1.29, 1.82) is 0 Å². The van der Waals surface area contributed by atoms with Gasteiger partial charge in [0.15, 0.2) is 10.8 Å². The van der Waals surface area contributed by atoms with E-state index in [0.717, 1.165) is 60.4 Å². The lowest BCUT2D eigenvalue weighted by molar-refractivity contribution is 0.784. The van der Waals surface area contributed by atoms with E-state index >= 15 is 0 Å². The maximum atomic E-state index is 4.80. The maximum Gasteiger partial charge on any atom is 0.227 e. The molecule has 0 saturated carbocycles. The molecule has 132 valence electrons. The molecule has 0 N–H and O–H groups in total. The number of nitrogens with zero attached hydrogens (tertiary/aromatic N) is 7. The number of hydrogen-bond acceptors (Lipinski definition) is 7. The van der Waals surface area contributed by atoms with Crippen LogP contribution in [0.1, 0.15) is 6.42 Å². The molecule has 8 heteroatoms. The minimum Gasteiger partial charge on any atom is -0.346 e. The largest absolute Gasteiger partial charge is 0.346 e. The molecule has 4 heterocycles. The fraction of sp³-hybridized carbons (Fsp3) is 0.333. The van der Waals surface area contributed by atoms with E-state index in [0.29, 0.717) is 0 Å². The Labute approximate surface area is 154 Å². The molecule has 1 saturated heterocycles. The van der Waals surface area contributed by atoms with E-state index in [-0.39, 0.29) is 0 Å². The molecule has 0 bridgehead atoms. The van der Waals surface area contributed by atoms with Crippen LogP contribution in [-0.4, -0.2) is 50.7 Å². The molecule has 0 amide bonds. The highest BCUT2D eigenvalue weighted by molar-refractivity contribution is 7.22. The monoisotopic (exact) mass is 365 g/mol. The number of benzene rings is 1. The van der Waals surface area contributed by atoms with Gasteiger partial charge in [0.25, 0.3) is 0 Å². The molecule has 0 unspecified atom stereocenters. The second-order valence-corrected chi connectivity index (χ2v) is 7.54. The van der Waals surface area contributed by atoms with Crippen LogP contribution in [0.3, 0.4) is 0 Å². The molecule has 0 atom stereocenters. The van der Waals surface area contributed by atoms with Gasteiger partial charge in [0.05, 0.1) is 22.7 Å². The average Bonchev–Trinajstić information content (AvgIpc) is 3.17. The van der Waals surface area contributed by atoms with E-state index in [1.807, 2.05) is 23.9 Å². The highest BCUT2D eigenvalue weighted by atomic mass is 32.1. The zero-order valence-electron chi connectivity index (χ0n) is 14.5. The first-order valence-electron chi connectivity index (χ1n) is 8.77. The van der Waals surface area contributed by atoms with Crippen molar-refractivity contribution in [2.75, 3.05) is 36.0 Å². The first kappa shape index (κ1) is 15.5. The van der Waals surface area contributed by atoms with Crippen molar-refractivity contribution in [1.82, 2.24) is 24.5 Å². The number of aryl methyl sites for hydroxylation is 1. The van der Waals surface area contributed by atoms with Crippen LogP contribution in [0.25, 0.3) is 21.4 Å². The van der Waals surface area contributed by atoms with Crippen molar-refractivity contribution >= 4 is 43.8 Å². The van der Waals surface area contributed by atoms with Gasteiger partial charge in [-0.2, -0.15) is 4.98 Å². The van der Waals surface area contributed by atoms with E-state index in [1.165, 1.54) is 4.70 Å². The van der Waals surface area contributed by atoms with Crippen LogP contribution < -0.4 is 9.80 Å². The number of para-hydroxylation sites is 1. The van der Waals surface area contributed by atoms with Gasteiger partial charge in [-0.25, -0.2) is 15.0 Å². The average molecular weight is 365 g/mol. The summed E-state index contributed by atoms with van der Waals surface area (Å²) in [5.74, 6) is 0.766. The van der Waals surface area contributed by atoms with E-state index in [4.69, 9.17) is 4.98 Å². The second-order valence-electron chi connectivity index (χ2n) is 6.53. The quantitative estimate of drug-likeness (QED) is 0.544. The van der Waals surface area contributed by atoms with Crippen molar-refractivity contribution in [2.24, 2.45) is 7.05 Å². The summed E-state index contributed by atoms with van der Waals surface area (Å²) in [5.41, 5.74) is 2.79. The summed E-state index contributed by atoms with van der Waals surface area (Å²) in [6.07, 6.45) is 4.70. The van der Waals surface area contributed by atoms with Gasteiger partial charge in [0.1, 0.15) is 5.52 Å². The van der Waals surface area contributed by atoms with Crippen LogP contribution in [0.4, 0.5) is 11.1 Å². The lowest BCUT2D eigenvalue weighted by Crippen LogP contribution is -2.31. The van der Waals surface area contributed by atoms with E-state index in [9.17, 15) is 0 Å². The molecule has 7 nitrogen and oxygen atoms in total. The minimum absolute atomic E-state index is 0.754. The standard InChI is InChI=1S/C18H19N7S/c1-23-12-20-16-14(23)11-19-17(22-16)24-7-4-8-25(10-9-24)18-21-13-5-2-3-6-15(13)26-18/h2-3,5-6,11-12H,4,7-10H2,1H3. The van der Waals surface area contributed by atoms with E-state index in [2.05, 4.69) is 43.0 Å². The maximum absolute atomic E-state index is 4.80.